The van der Waals surface area contributed by atoms with Crippen LogP contribution in [0, 0.1) is 0 Å². The van der Waals surface area contributed by atoms with E-state index in [0.717, 1.165) is 0 Å². The van der Waals surface area contributed by atoms with Crippen molar-refractivity contribution in [1.82, 2.24) is 4.90 Å². The molecule has 0 saturated carbocycles. The zero-order valence-corrected chi connectivity index (χ0v) is 11.8. The summed E-state index contributed by atoms with van der Waals surface area (Å²) < 4.78 is 19.1. The summed E-state index contributed by atoms with van der Waals surface area (Å²) in [4.78, 5) is 11.4. The number of likely N-dealkylation sites (N-methyl/N-ethyl adjacent to an activating group) is 1. The lowest BCUT2D eigenvalue weighted by Crippen LogP contribution is -2.20. The van der Waals surface area contributed by atoms with Gasteiger partial charge in [0.05, 0.1) is 31.6 Å². The van der Waals surface area contributed by atoms with E-state index < -0.39 is 28.3 Å². The number of carboxylic acids is 1. The van der Waals surface area contributed by atoms with Crippen LogP contribution >= 0.6 is 0 Å². The average Bonchev–Trinajstić information content (AvgIpc) is 1.78. The zero-order chi connectivity index (χ0) is 13.0. The number of rotatable bonds is 2. The van der Waals surface area contributed by atoms with Crippen LogP contribution in [0.2, 0.25) is 0 Å². The maximum atomic E-state index is 9.77. The van der Waals surface area contributed by atoms with Crippen molar-refractivity contribution in [3.05, 3.63) is 0 Å². The number of carboxylic acid groups (broad SMARTS) is 1. The third-order valence-corrected chi connectivity index (χ3v) is 0.451. The van der Waals surface area contributed by atoms with E-state index in [0.29, 0.717) is 0 Å². The van der Waals surface area contributed by atoms with Crippen molar-refractivity contribution >= 4 is 28.3 Å². The molecule has 0 atom stereocenters. The first-order chi connectivity index (χ1) is 6.59. The van der Waals surface area contributed by atoms with Crippen molar-refractivity contribution in [3.8, 4) is 0 Å². The first-order valence-electron chi connectivity index (χ1n) is 3.96. The summed E-state index contributed by atoms with van der Waals surface area (Å²) in [7, 11) is 3.43. The van der Waals surface area contributed by atoms with Gasteiger partial charge in [0.25, 0.3) is 0 Å². The fourth-order valence-corrected chi connectivity index (χ4v) is 0.271. The van der Waals surface area contributed by atoms with E-state index in [1.165, 1.54) is 0 Å². The molecule has 0 heterocycles. The minimum absolute atomic E-state index is 0.111. The molecule has 0 aromatic carbocycles. The molecule has 0 aromatic heterocycles. The topological polar surface area (TPSA) is 86.7 Å². The van der Waals surface area contributed by atoms with Gasteiger partial charge in [-0.2, -0.15) is 0 Å². The number of aliphatic carboxylic acids is 1. The summed E-state index contributed by atoms with van der Waals surface area (Å²) in [5, 5.41) is 8.04. The van der Waals surface area contributed by atoms with Crippen LogP contribution in [0.1, 0.15) is 0 Å². The van der Waals surface area contributed by atoms with E-state index in [9.17, 15) is 13.9 Å². The molecular weight excluding hydrogens is 238 g/mol. The van der Waals surface area contributed by atoms with Crippen LogP contribution in [-0.4, -0.2) is 70.7 Å². The van der Waals surface area contributed by atoms with Crippen LogP contribution in [0.25, 0.3) is 0 Å². The normalized spacial score (nSPS) is 9.27. The van der Waals surface area contributed by atoms with Gasteiger partial charge in [-0.3, -0.25) is 9.69 Å². The Balaban J connectivity index is -0.000000155. The van der Waals surface area contributed by atoms with Gasteiger partial charge in [0.2, 0.25) is 0 Å². The summed E-state index contributed by atoms with van der Waals surface area (Å²) in [5.41, 5.74) is 0. The lowest BCUT2D eigenvalue weighted by Gasteiger charge is -2.01. The Kier molecular flexibility index (Phi) is 19.2. The van der Waals surface area contributed by atoms with Crippen LogP contribution in [-0.2, 0) is 27.1 Å². The Morgan fingerprint density at radius 3 is 1.33 bits per heavy atom. The van der Waals surface area contributed by atoms with Crippen molar-refractivity contribution in [3.63, 3.8) is 0 Å². The predicted octanol–water partition coefficient (Wildman–Crippen LogP) is -0.378. The molecule has 0 amide bonds. The highest BCUT2D eigenvalue weighted by molar-refractivity contribution is 7.90. The van der Waals surface area contributed by atoms with Gasteiger partial charge in [-0.15, -0.1) is 0 Å². The van der Waals surface area contributed by atoms with Gasteiger partial charge < -0.3 is 14.2 Å². The van der Waals surface area contributed by atoms with Crippen molar-refractivity contribution in [2.45, 2.75) is 0 Å². The van der Waals surface area contributed by atoms with E-state index in [1.807, 2.05) is 0 Å². The van der Waals surface area contributed by atoms with Crippen molar-refractivity contribution in [1.29, 1.82) is 0 Å². The molecule has 0 bridgehead atoms. The van der Waals surface area contributed by atoms with Crippen molar-refractivity contribution in [2.75, 3.05) is 45.7 Å². The van der Waals surface area contributed by atoms with Gasteiger partial charge in [-0.25, -0.2) is 0 Å². The second-order valence-corrected chi connectivity index (χ2v) is 6.08. The molecule has 0 aliphatic carbocycles. The fourth-order valence-electron chi connectivity index (χ4n) is 0.271. The third-order valence-electron chi connectivity index (χ3n) is 0.451. The van der Waals surface area contributed by atoms with Gasteiger partial charge in [0.1, 0.15) is 0 Å². The maximum absolute atomic E-state index is 9.77. The van der Waals surface area contributed by atoms with Gasteiger partial charge in [0, 0.05) is 0 Å². The molecule has 0 rings (SSSR count). The van der Waals surface area contributed by atoms with Crippen molar-refractivity contribution in [2.24, 2.45) is 0 Å². The lowest BCUT2D eigenvalue weighted by molar-refractivity contribution is -0.137. The van der Waals surface area contributed by atoms with Gasteiger partial charge >= 0.3 is 5.97 Å². The van der Waals surface area contributed by atoms with Crippen LogP contribution in [0.4, 0.5) is 0 Å². The Morgan fingerprint density at radius 1 is 1.13 bits per heavy atom. The average molecular weight is 259 g/mol. The highest BCUT2D eigenvalue weighted by Crippen LogP contribution is 1.69. The van der Waals surface area contributed by atoms with E-state index in [2.05, 4.69) is 0 Å². The molecule has 0 aliphatic rings. The largest absolute Gasteiger partial charge is 0.617 e. The highest BCUT2D eigenvalue weighted by Gasteiger charge is 1.94. The van der Waals surface area contributed by atoms with Crippen LogP contribution in [0.15, 0.2) is 0 Å². The summed E-state index contributed by atoms with van der Waals surface area (Å²) >= 11 is -1.22. The predicted molar refractivity (Wildman–Crippen MR) is 66.2 cm³/mol. The molecule has 15 heavy (non-hydrogen) atoms. The number of hydrogen-bond acceptors (Lipinski definition) is 4. The Hall–Kier alpha value is 0.0500. The van der Waals surface area contributed by atoms with E-state index in [-0.39, 0.29) is 6.54 Å². The molecule has 0 unspecified atom stereocenters. The molecule has 0 radical (unpaired) electrons. The van der Waals surface area contributed by atoms with E-state index in [4.69, 9.17) is 5.11 Å². The van der Waals surface area contributed by atoms with Gasteiger partial charge in [-0.1, -0.05) is 22.4 Å². The van der Waals surface area contributed by atoms with Crippen LogP contribution < -0.4 is 0 Å². The van der Waals surface area contributed by atoms with Crippen molar-refractivity contribution < 1.29 is 19.0 Å². The maximum Gasteiger partial charge on any atom is 0.317 e. The Bertz CT molecular complexity index is 131. The Labute approximate surface area is 98.2 Å². The number of nitrogens with zero attached hydrogens (tertiary/aromatic N) is 1. The second-order valence-electron chi connectivity index (χ2n) is 3.11. The van der Waals surface area contributed by atoms with E-state index in [1.54, 1.807) is 44.0 Å². The molecule has 5 nitrogen and oxygen atoms in total. The molecule has 0 aliphatic heterocycles. The summed E-state index contributed by atoms with van der Waals surface area (Å²) in [6.07, 6.45) is 6.56. The minimum atomic E-state index is -0.787. The van der Waals surface area contributed by atoms with Gasteiger partial charge in [-0.05, 0) is 14.1 Å². The summed E-state index contributed by atoms with van der Waals surface area (Å²) in [6.45, 7) is 0.111. The third kappa shape index (κ3) is 124. The smallest absolute Gasteiger partial charge is 0.317 e. The summed E-state index contributed by atoms with van der Waals surface area (Å²) in [6, 6.07) is 0. The molecule has 1 N–H and O–H groups in total. The van der Waals surface area contributed by atoms with E-state index >= 15 is 0 Å². The molecule has 94 valence electrons. The molecule has 0 fully saturated rings. The fraction of sp³-hybridized carbons (Fsp3) is 0.875. The second kappa shape index (κ2) is 14.1. The lowest BCUT2D eigenvalue weighted by atomic mass is 10.6. The monoisotopic (exact) mass is 259 g/mol. The molecule has 7 heteroatoms. The number of carbonyl (C=O) groups is 1. The Morgan fingerprint density at radius 2 is 1.33 bits per heavy atom. The standard InChI is InChI=1S/C4H9NO2.2C2H6OS/c1-5(2)3-4(6)7;2*1-4(2)3/h3H2,1-2H3,(H,6,7);2*1-2H3. The molecular formula is C8H21NO4S2. The minimum Gasteiger partial charge on any atom is -0.617 e. The molecule has 0 saturated heterocycles. The summed E-state index contributed by atoms with van der Waals surface area (Å²) in [5.74, 6) is -0.787. The molecule has 0 spiro atoms. The highest BCUT2D eigenvalue weighted by atomic mass is 32.2. The molecule has 0 aromatic rings. The first-order valence-corrected chi connectivity index (χ1v) is 7.89. The van der Waals surface area contributed by atoms with Crippen LogP contribution in [0.3, 0.4) is 0 Å². The quantitative estimate of drug-likeness (QED) is 0.683. The van der Waals surface area contributed by atoms with Crippen LogP contribution in [0.5, 0.6) is 0 Å². The van der Waals surface area contributed by atoms with Gasteiger partial charge in [0.15, 0.2) is 0 Å². The SMILES string of the molecule is CN(C)CC(=O)O.C[S+](C)[O-].C[S+](C)[O-]. The number of hydrogen-bond donors (Lipinski definition) is 1. The first kappa shape index (κ1) is 20.5. The zero-order valence-electron chi connectivity index (χ0n) is 10.1.